The first kappa shape index (κ1) is 14.4. The number of nitrogens with one attached hydrogen (secondary N) is 1. The zero-order chi connectivity index (χ0) is 12.7. The van der Waals surface area contributed by atoms with E-state index in [4.69, 9.17) is 0 Å². The zero-order valence-electron chi connectivity index (χ0n) is 7.10. The van der Waals surface area contributed by atoms with Gasteiger partial charge in [-0.1, -0.05) is 0 Å². The van der Waals surface area contributed by atoms with E-state index in [9.17, 15) is 35.1 Å². The minimum atomic E-state index is -6.38. The third-order valence-corrected chi connectivity index (χ3v) is 1.52. The summed E-state index contributed by atoms with van der Waals surface area (Å²) in [6, 6.07) is -11.3. The topological polar surface area (TPSA) is 38.0 Å². The molecule has 2 nitrogen and oxygen atoms in total. The van der Waals surface area contributed by atoms with Crippen molar-refractivity contribution in [1.29, 1.82) is 0 Å². The van der Waals surface area contributed by atoms with Crippen molar-refractivity contribution in [1.82, 2.24) is 5.32 Å². The summed E-state index contributed by atoms with van der Waals surface area (Å²) in [6.07, 6.45) is 0. The maximum atomic E-state index is 12.4. The number of hydrogen-bond acceptors (Lipinski definition) is 2. The average molecular weight is 246 g/mol. The highest BCUT2D eigenvalue weighted by molar-refractivity contribution is 5.00. The van der Waals surface area contributed by atoms with Crippen molar-refractivity contribution < 1.29 is 35.1 Å². The van der Waals surface area contributed by atoms with Crippen molar-refractivity contribution in [2.75, 3.05) is 7.05 Å². The van der Waals surface area contributed by atoms with Gasteiger partial charge in [0.05, 0.1) is 0 Å². The van der Waals surface area contributed by atoms with Crippen LogP contribution in [0.15, 0.2) is 0 Å². The molecule has 0 aromatic carbocycles. The van der Waals surface area contributed by atoms with Crippen molar-refractivity contribution >= 4 is 0 Å². The fourth-order valence-corrected chi connectivity index (χ4v) is 0.563. The lowest BCUT2D eigenvalue weighted by atomic mass is 10.1. The van der Waals surface area contributed by atoms with Crippen LogP contribution in [0.2, 0.25) is 0 Å². The molecule has 0 spiro atoms. The Hall–Kier alpha value is -0.640. The molecule has 0 unspecified atom stereocenters. The second-order valence-corrected chi connectivity index (χ2v) is 2.60. The molecule has 3 N–H and O–H groups in total. The Morgan fingerprint density at radius 2 is 1.13 bits per heavy atom. The van der Waals surface area contributed by atoms with Crippen LogP contribution in [0, 0.1) is 0 Å². The molecule has 0 aliphatic rings. The summed E-state index contributed by atoms with van der Waals surface area (Å²) < 4.78 is 97.3. The highest BCUT2D eigenvalue weighted by Crippen LogP contribution is 2.49. The highest BCUT2D eigenvalue weighted by Gasteiger charge is 2.79. The van der Waals surface area contributed by atoms with Crippen molar-refractivity contribution in [2.45, 2.75) is 23.9 Å². The Kier molecular flexibility index (Phi) is 3.29. The molecule has 0 amide bonds. The molecule has 15 heavy (non-hydrogen) atoms. The van der Waals surface area contributed by atoms with Gasteiger partial charge >= 0.3 is 23.9 Å². The lowest BCUT2D eigenvalue weighted by molar-refractivity contribution is -0.370. The summed E-state index contributed by atoms with van der Waals surface area (Å²) >= 11 is 0. The Bertz CT molecular complexity index is 232. The van der Waals surface area contributed by atoms with Gasteiger partial charge in [0.25, 0.3) is 0 Å². The number of alkyl halides is 8. The van der Waals surface area contributed by atoms with Gasteiger partial charge in [-0.3, -0.25) is 11.1 Å². The third kappa shape index (κ3) is 2.00. The Labute approximate surface area is 78.4 Å². The van der Waals surface area contributed by atoms with E-state index in [1.165, 1.54) is 0 Å². The maximum absolute atomic E-state index is 12.4. The van der Waals surface area contributed by atoms with Crippen LogP contribution < -0.4 is 11.1 Å². The van der Waals surface area contributed by atoms with Crippen molar-refractivity contribution in [3.05, 3.63) is 0 Å². The number of halogens is 8. The summed E-state index contributed by atoms with van der Waals surface area (Å²) in [4.78, 5) is 0. The molecule has 0 saturated heterocycles. The van der Waals surface area contributed by atoms with Crippen molar-refractivity contribution in [2.24, 2.45) is 5.73 Å². The monoisotopic (exact) mass is 246 g/mol. The summed E-state index contributed by atoms with van der Waals surface area (Å²) in [5, 5.41) is 0.508. The van der Waals surface area contributed by atoms with Crippen molar-refractivity contribution in [3.8, 4) is 0 Å². The fraction of sp³-hybridized carbons (Fsp3) is 1.00. The molecule has 0 fully saturated rings. The van der Waals surface area contributed by atoms with E-state index < -0.39 is 23.9 Å². The van der Waals surface area contributed by atoms with E-state index in [-0.39, 0.29) is 7.05 Å². The van der Waals surface area contributed by atoms with E-state index in [2.05, 4.69) is 5.73 Å². The van der Waals surface area contributed by atoms with Gasteiger partial charge in [0.15, 0.2) is 0 Å². The second kappa shape index (κ2) is 3.44. The van der Waals surface area contributed by atoms with Gasteiger partial charge in [-0.15, -0.1) is 0 Å². The lowest BCUT2D eigenvalue weighted by Crippen LogP contribution is -2.68. The summed E-state index contributed by atoms with van der Waals surface area (Å²) in [7, 11) is 0.207. The minimum absolute atomic E-state index is 0.207. The molecule has 0 aliphatic carbocycles. The molecule has 0 rings (SSSR count). The van der Waals surface area contributed by atoms with E-state index in [0.29, 0.717) is 5.32 Å². The third-order valence-electron chi connectivity index (χ3n) is 1.52. The maximum Gasteiger partial charge on any atom is 0.393 e. The zero-order valence-corrected chi connectivity index (χ0v) is 7.10. The van der Waals surface area contributed by atoms with Gasteiger partial charge in [0.1, 0.15) is 0 Å². The second-order valence-electron chi connectivity index (χ2n) is 2.60. The molecule has 0 saturated carbocycles. The van der Waals surface area contributed by atoms with Gasteiger partial charge in [-0.25, -0.2) is 0 Å². The first-order valence-electron chi connectivity index (χ1n) is 3.30. The molecule has 0 radical (unpaired) electrons. The number of hydrogen-bond donors (Lipinski definition) is 2. The van der Waals surface area contributed by atoms with Crippen molar-refractivity contribution in [3.63, 3.8) is 0 Å². The first-order chi connectivity index (χ1) is 6.31. The predicted octanol–water partition coefficient (Wildman–Crippen LogP) is 1.62. The van der Waals surface area contributed by atoms with Crippen LogP contribution in [-0.4, -0.2) is 31.0 Å². The minimum Gasteiger partial charge on any atom is -0.267 e. The molecule has 0 atom stereocenters. The van der Waals surface area contributed by atoms with Gasteiger partial charge in [0, 0.05) is 0 Å². The van der Waals surface area contributed by atoms with Gasteiger partial charge in [0.2, 0.25) is 0 Å². The average Bonchev–Trinajstić information content (AvgIpc) is 2.01. The SMILES string of the molecule is CNC(F)(F)C(F)(F)C(F)(F)C(N)(F)F. The quantitative estimate of drug-likeness (QED) is 0.584. The molecule has 0 aliphatic heterocycles. The Morgan fingerprint density at radius 1 is 0.800 bits per heavy atom. The van der Waals surface area contributed by atoms with Crippen LogP contribution in [0.4, 0.5) is 35.1 Å². The van der Waals surface area contributed by atoms with Crippen LogP contribution in [0.5, 0.6) is 0 Å². The van der Waals surface area contributed by atoms with E-state index in [1.54, 1.807) is 0 Å². The van der Waals surface area contributed by atoms with E-state index >= 15 is 0 Å². The van der Waals surface area contributed by atoms with Crippen LogP contribution in [0.1, 0.15) is 0 Å². The van der Waals surface area contributed by atoms with Gasteiger partial charge in [-0.2, -0.15) is 35.1 Å². The van der Waals surface area contributed by atoms with Crippen LogP contribution in [0.25, 0.3) is 0 Å². The van der Waals surface area contributed by atoms with E-state index in [1.807, 2.05) is 0 Å². The normalized spacial score (nSPS) is 15.6. The summed E-state index contributed by atoms with van der Waals surface area (Å²) in [5.41, 5.74) is 3.43. The summed E-state index contributed by atoms with van der Waals surface area (Å²) in [5.74, 6) is -12.7. The molecule has 0 aromatic heterocycles. The van der Waals surface area contributed by atoms with Gasteiger partial charge < -0.3 is 0 Å². The van der Waals surface area contributed by atoms with Crippen LogP contribution in [0.3, 0.4) is 0 Å². The van der Waals surface area contributed by atoms with E-state index in [0.717, 1.165) is 0 Å². The standard InChI is InChI=1S/C5H6F8N2/c1-15-5(12,13)3(8,9)2(6,7)4(10,11)14/h15H,14H2,1H3. The van der Waals surface area contributed by atoms with Crippen LogP contribution in [-0.2, 0) is 0 Å². The highest BCUT2D eigenvalue weighted by atomic mass is 19.4. The Balaban J connectivity index is 5.38. The molecule has 10 heteroatoms. The first-order valence-corrected chi connectivity index (χ1v) is 3.30. The molecular weight excluding hydrogens is 240 g/mol. The Morgan fingerprint density at radius 3 is 1.33 bits per heavy atom. The fourth-order valence-electron chi connectivity index (χ4n) is 0.563. The smallest absolute Gasteiger partial charge is 0.267 e. The molecule has 0 heterocycles. The van der Waals surface area contributed by atoms with Crippen LogP contribution >= 0.6 is 0 Å². The predicted molar refractivity (Wildman–Crippen MR) is 33.0 cm³/mol. The van der Waals surface area contributed by atoms with Gasteiger partial charge in [-0.05, 0) is 7.05 Å². The number of rotatable bonds is 4. The summed E-state index contributed by atoms with van der Waals surface area (Å²) in [6.45, 7) is 0. The lowest BCUT2D eigenvalue weighted by Gasteiger charge is -2.34. The molecule has 0 bridgehead atoms. The largest absolute Gasteiger partial charge is 0.393 e. The molecule has 0 aromatic rings. The number of nitrogens with two attached hydrogens (primary N) is 1. The molecular formula is C5H6F8N2. The molecule has 92 valence electrons.